The summed E-state index contributed by atoms with van der Waals surface area (Å²) >= 11 is 0. The Morgan fingerprint density at radius 3 is 2.42 bits per heavy atom. The number of carbonyl (C=O) groups excluding carboxylic acids is 1. The lowest BCUT2D eigenvalue weighted by molar-refractivity contribution is -0.137. The third kappa shape index (κ3) is 2.98. The van der Waals surface area contributed by atoms with E-state index in [0.717, 1.165) is 17.7 Å². The first-order valence-electron chi connectivity index (χ1n) is 8.27. The van der Waals surface area contributed by atoms with E-state index < -0.39 is 17.2 Å². The van der Waals surface area contributed by atoms with Gasteiger partial charge in [-0.3, -0.25) is 4.79 Å². The number of carbonyl (C=O) groups is 1. The highest BCUT2D eigenvalue weighted by Gasteiger charge is 2.51. The molecule has 0 radical (unpaired) electrons. The van der Waals surface area contributed by atoms with Crippen LogP contribution in [0.4, 0.5) is 18.9 Å². The van der Waals surface area contributed by atoms with E-state index in [1.54, 1.807) is 12.1 Å². The Balaban J connectivity index is 1.57. The maximum atomic E-state index is 12.8. The summed E-state index contributed by atoms with van der Waals surface area (Å²) in [6, 6.07) is 10.0. The van der Waals surface area contributed by atoms with Gasteiger partial charge in [0.15, 0.2) is 11.5 Å². The summed E-state index contributed by atoms with van der Waals surface area (Å²) in [5.74, 6) is 0.912. The van der Waals surface area contributed by atoms with Gasteiger partial charge in [0.25, 0.3) is 0 Å². The minimum atomic E-state index is -4.45. The van der Waals surface area contributed by atoms with Gasteiger partial charge in [0.05, 0.1) is 11.0 Å². The number of fused-ring (bicyclic) bond motifs is 1. The van der Waals surface area contributed by atoms with Crippen molar-refractivity contribution in [2.45, 2.75) is 24.4 Å². The Labute approximate surface area is 147 Å². The predicted octanol–water partition coefficient (Wildman–Crippen LogP) is 4.15. The molecule has 1 amide bonds. The molecule has 136 valence electrons. The van der Waals surface area contributed by atoms with Crippen molar-refractivity contribution in [2.75, 3.05) is 18.5 Å². The highest BCUT2D eigenvalue weighted by Crippen LogP contribution is 2.51. The Morgan fingerprint density at radius 2 is 1.73 bits per heavy atom. The largest absolute Gasteiger partial charge is 0.486 e. The van der Waals surface area contributed by atoms with E-state index in [4.69, 9.17) is 9.47 Å². The zero-order valence-corrected chi connectivity index (χ0v) is 13.7. The fourth-order valence-corrected chi connectivity index (χ4v) is 3.14. The van der Waals surface area contributed by atoms with Crippen molar-refractivity contribution < 1.29 is 27.4 Å². The van der Waals surface area contributed by atoms with Crippen LogP contribution < -0.4 is 14.8 Å². The molecule has 0 saturated heterocycles. The predicted molar refractivity (Wildman–Crippen MR) is 88.4 cm³/mol. The number of benzene rings is 2. The minimum Gasteiger partial charge on any atom is -0.486 e. The molecule has 0 unspecified atom stereocenters. The van der Waals surface area contributed by atoms with Crippen LogP contribution in [0.5, 0.6) is 11.5 Å². The van der Waals surface area contributed by atoms with Gasteiger partial charge in [0.1, 0.15) is 13.2 Å². The summed E-state index contributed by atoms with van der Waals surface area (Å²) in [6.07, 6.45) is -3.18. The second kappa shape index (κ2) is 5.93. The number of alkyl halides is 3. The van der Waals surface area contributed by atoms with Crippen molar-refractivity contribution in [1.82, 2.24) is 0 Å². The Hall–Kier alpha value is -2.70. The maximum absolute atomic E-state index is 12.8. The quantitative estimate of drug-likeness (QED) is 0.891. The van der Waals surface area contributed by atoms with Gasteiger partial charge in [-0.2, -0.15) is 13.2 Å². The van der Waals surface area contributed by atoms with E-state index in [0.29, 0.717) is 37.6 Å². The van der Waals surface area contributed by atoms with Crippen molar-refractivity contribution in [1.29, 1.82) is 0 Å². The molecule has 1 saturated carbocycles. The van der Waals surface area contributed by atoms with Crippen LogP contribution in [0.15, 0.2) is 42.5 Å². The van der Waals surface area contributed by atoms with Crippen LogP contribution in [0.3, 0.4) is 0 Å². The molecule has 7 heteroatoms. The number of anilines is 1. The van der Waals surface area contributed by atoms with Crippen LogP contribution in [-0.2, 0) is 16.4 Å². The summed E-state index contributed by atoms with van der Waals surface area (Å²) in [7, 11) is 0. The topological polar surface area (TPSA) is 47.6 Å². The molecule has 1 heterocycles. The monoisotopic (exact) mass is 363 g/mol. The first-order chi connectivity index (χ1) is 12.4. The molecule has 4 nitrogen and oxygen atoms in total. The molecular formula is C19H16F3NO3. The fourth-order valence-electron chi connectivity index (χ4n) is 3.14. The molecule has 0 atom stereocenters. The van der Waals surface area contributed by atoms with Gasteiger partial charge >= 0.3 is 6.18 Å². The van der Waals surface area contributed by atoms with Crippen LogP contribution in [-0.4, -0.2) is 19.1 Å². The molecule has 1 N–H and O–H groups in total. The Kier molecular flexibility index (Phi) is 3.82. The zero-order valence-electron chi connectivity index (χ0n) is 13.7. The van der Waals surface area contributed by atoms with Crippen LogP contribution in [0, 0.1) is 0 Å². The number of halogens is 3. The summed E-state index contributed by atoms with van der Waals surface area (Å²) in [5, 5.41) is 2.62. The summed E-state index contributed by atoms with van der Waals surface area (Å²) in [5.41, 5.74) is -0.608. The van der Waals surface area contributed by atoms with Crippen molar-refractivity contribution in [3.05, 3.63) is 53.6 Å². The molecular weight excluding hydrogens is 347 g/mol. The summed E-state index contributed by atoms with van der Waals surface area (Å²) < 4.78 is 49.6. The Morgan fingerprint density at radius 1 is 1.00 bits per heavy atom. The van der Waals surface area contributed by atoms with E-state index in [-0.39, 0.29) is 11.6 Å². The lowest BCUT2D eigenvalue weighted by atomic mass is 9.94. The Bertz CT molecular complexity index is 859. The standard InChI is InChI=1S/C19H16F3NO3/c20-19(21,22)13-2-1-3-14(10-13)23-17(24)18(6-7-18)12-4-5-15-16(11-12)26-9-8-25-15/h1-5,10-11H,6-9H2,(H,23,24). The smallest absolute Gasteiger partial charge is 0.416 e. The maximum Gasteiger partial charge on any atom is 0.416 e. The molecule has 1 aliphatic heterocycles. The van der Waals surface area contributed by atoms with Crippen molar-refractivity contribution in [2.24, 2.45) is 0 Å². The summed E-state index contributed by atoms with van der Waals surface area (Å²) in [4.78, 5) is 12.8. The lowest BCUT2D eigenvalue weighted by Crippen LogP contribution is -2.28. The van der Waals surface area contributed by atoms with Gasteiger partial charge in [-0.1, -0.05) is 12.1 Å². The number of amides is 1. The van der Waals surface area contributed by atoms with E-state index in [1.807, 2.05) is 6.07 Å². The number of hydrogen-bond acceptors (Lipinski definition) is 3. The van der Waals surface area contributed by atoms with Crippen LogP contribution >= 0.6 is 0 Å². The molecule has 0 aromatic heterocycles. The van der Waals surface area contributed by atoms with Crippen molar-refractivity contribution >= 4 is 11.6 Å². The van der Waals surface area contributed by atoms with E-state index in [9.17, 15) is 18.0 Å². The van der Waals surface area contributed by atoms with Crippen LogP contribution in [0.1, 0.15) is 24.0 Å². The molecule has 26 heavy (non-hydrogen) atoms. The van der Waals surface area contributed by atoms with Gasteiger partial charge in [0.2, 0.25) is 5.91 Å². The molecule has 2 aromatic carbocycles. The zero-order chi connectivity index (χ0) is 18.4. The average Bonchev–Trinajstić information content (AvgIpc) is 3.43. The van der Waals surface area contributed by atoms with Gasteiger partial charge in [0, 0.05) is 5.69 Å². The lowest BCUT2D eigenvalue weighted by Gasteiger charge is -2.22. The molecule has 2 aromatic rings. The second-order valence-electron chi connectivity index (χ2n) is 6.47. The van der Waals surface area contributed by atoms with Crippen LogP contribution in [0.25, 0.3) is 0 Å². The molecule has 0 spiro atoms. The van der Waals surface area contributed by atoms with Gasteiger partial charge in [-0.15, -0.1) is 0 Å². The second-order valence-corrected chi connectivity index (χ2v) is 6.47. The van der Waals surface area contributed by atoms with Crippen LogP contribution in [0.2, 0.25) is 0 Å². The highest BCUT2D eigenvalue weighted by molar-refractivity contribution is 6.01. The number of rotatable bonds is 3. The minimum absolute atomic E-state index is 0.133. The highest BCUT2D eigenvalue weighted by atomic mass is 19.4. The average molecular weight is 363 g/mol. The number of ether oxygens (including phenoxy) is 2. The first-order valence-corrected chi connectivity index (χ1v) is 8.27. The van der Waals surface area contributed by atoms with E-state index in [1.165, 1.54) is 12.1 Å². The van der Waals surface area contributed by atoms with Crippen molar-refractivity contribution in [3.63, 3.8) is 0 Å². The third-order valence-corrected chi connectivity index (χ3v) is 4.73. The molecule has 1 aliphatic carbocycles. The molecule has 2 aliphatic rings. The third-order valence-electron chi connectivity index (χ3n) is 4.73. The van der Waals surface area contributed by atoms with Gasteiger partial charge in [-0.25, -0.2) is 0 Å². The first kappa shape index (κ1) is 16.8. The molecule has 4 rings (SSSR count). The van der Waals surface area contributed by atoms with E-state index >= 15 is 0 Å². The SMILES string of the molecule is O=C(Nc1cccc(C(F)(F)F)c1)C1(c2ccc3c(c2)OCCO3)CC1. The van der Waals surface area contributed by atoms with Crippen molar-refractivity contribution in [3.8, 4) is 11.5 Å². The molecule has 0 bridgehead atoms. The number of nitrogens with one attached hydrogen (secondary N) is 1. The van der Waals surface area contributed by atoms with E-state index in [2.05, 4.69) is 5.32 Å². The fraction of sp³-hybridized carbons (Fsp3) is 0.316. The van der Waals surface area contributed by atoms with Gasteiger partial charge < -0.3 is 14.8 Å². The summed E-state index contributed by atoms with van der Waals surface area (Å²) in [6.45, 7) is 0.924. The van der Waals surface area contributed by atoms with Gasteiger partial charge in [-0.05, 0) is 48.7 Å². The number of hydrogen-bond donors (Lipinski definition) is 1. The molecule has 1 fully saturated rings. The normalized spacial score (nSPS) is 17.5.